The van der Waals surface area contributed by atoms with E-state index in [0.29, 0.717) is 36.2 Å². The molecule has 4 rings (SSSR count). The molecule has 1 aromatic carbocycles. The van der Waals surface area contributed by atoms with E-state index < -0.39 is 5.97 Å². The minimum absolute atomic E-state index is 0.254. The van der Waals surface area contributed by atoms with Crippen LogP contribution in [0.1, 0.15) is 34.2 Å². The molecule has 0 fully saturated rings. The van der Waals surface area contributed by atoms with Gasteiger partial charge in [-0.25, -0.2) is 9.78 Å². The number of carbonyl (C=O) groups is 2. The van der Waals surface area contributed by atoms with E-state index in [1.807, 2.05) is 55.2 Å². The zero-order valence-corrected chi connectivity index (χ0v) is 21.1. The van der Waals surface area contributed by atoms with Gasteiger partial charge in [-0.2, -0.15) is 5.10 Å². The predicted octanol–water partition coefficient (Wildman–Crippen LogP) is 3.69. The number of hydrogen-bond donors (Lipinski definition) is 2. The van der Waals surface area contributed by atoms with Crippen molar-refractivity contribution < 1.29 is 19.1 Å². The van der Waals surface area contributed by atoms with Gasteiger partial charge in [0.05, 0.1) is 38.0 Å². The molecule has 0 radical (unpaired) electrons. The third-order valence-corrected chi connectivity index (χ3v) is 6.18. The summed E-state index contributed by atoms with van der Waals surface area (Å²) in [4.78, 5) is 29.6. The number of carbonyl (C=O) groups excluding carboxylic acids is 2. The van der Waals surface area contributed by atoms with Crippen molar-refractivity contribution >= 4 is 34.3 Å². The average Bonchev–Trinajstić information content (AvgIpc) is 3.36. The van der Waals surface area contributed by atoms with Gasteiger partial charge in [0.15, 0.2) is 5.69 Å². The molecule has 4 aromatic rings. The van der Waals surface area contributed by atoms with Crippen molar-refractivity contribution in [1.82, 2.24) is 19.3 Å². The molecule has 0 bridgehead atoms. The Balaban J connectivity index is 1.72. The Morgan fingerprint density at radius 1 is 1.11 bits per heavy atom. The summed E-state index contributed by atoms with van der Waals surface area (Å²) in [6, 6.07) is 9.63. The van der Waals surface area contributed by atoms with Crippen molar-refractivity contribution in [2.45, 2.75) is 33.4 Å². The number of aromatic nitrogens is 4. The molecule has 0 unspecified atom stereocenters. The Labute approximate surface area is 209 Å². The number of amides is 1. The van der Waals surface area contributed by atoms with Crippen molar-refractivity contribution in [3.63, 3.8) is 0 Å². The molecule has 10 nitrogen and oxygen atoms in total. The van der Waals surface area contributed by atoms with Crippen LogP contribution in [0, 0.1) is 6.92 Å². The molecule has 10 heteroatoms. The van der Waals surface area contributed by atoms with Crippen LogP contribution < -0.4 is 15.4 Å². The Hall–Kier alpha value is -4.34. The van der Waals surface area contributed by atoms with Crippen LogP contribution in [0.15, 0.2) is 42.7 Å². The van der Waals surface area contributed by atoms with Gasteiger partial charge < -0.3 is 24.7 Å². The maximum Gasteiger partial charge on any atom is 0.356 e. The third-order valence-electron chi connectivity index (χ3n) is 6.18. The van der Waals surface area contributed by atoms with Crippen molar-refractivity contribution in [1.29, 1.82) is 0 Å². The highest BCUT2D eigenvalue weighted by Gasteiger charge is 2.25. The Kier molecular flexibility index (Phi) is 7.23. The average molecular weight is 491 g/mol. The van der Waals surface area contributed by atoms with Gasteiger partial charge in [-0.1, -0.05) is 12.1 Å². The molecule has 3 aromatic heterocycles. The summed E-state index contributed by atoms with van der Waals surface area (Å²) in [5.74, 6) is -0.0674. The summed E-state index contributed by atoms with van der Waals surface area (Å²) in [5.41, 5.74) is 5.16. The number of rotatable bonds is 9. The normalized spacial score (nSPS) is 10.9. The van der Waals surface area contributed by atoms with E-state index in [-0.39, 0.29) is 11.6 Å². The standard InChI is InChI=1S/C26H30N6O4/c1-16-19(14-29-31(16)3)13-27-20-12-22-23(30-17(2)33)24(26(34)36-5)32(25(22)28-15-20)11-10-18-6-8-21(35-4)9-7-18/h6-9,12,14-15,27H,10-11,13H2,1-5H3,(H,30,33). The van der Waals surface area contributed by atoms with Crippen molar-refractivity contribution in [2.24, 2.45) is 7.05 Å². The number of nitrogens with one attached hydrogen (secondary N) is 2. The highest BCUT2D eigenvalue weighted by Crippen LogP contribution is 2.33. The predicted molar refractivity (Wildman–Crippen MR) is 137 cm³/mol. The monoisotopic (exact) mass is 490 g/mol. The SMILES string of the molecule is COC(=O)c1c(NC(C)=O)c2cc(NCc3cnn(C)c3C)cnc2n1CCc1ccc(OC)cc1. The molecule has 1 amide bonds. The minimum atomic E-state index is -0.549. The lowest BCUT2D eigenvalue weighted by atomic mass is 10.1. The maximum absolute atomic E-state index is 12.9. The molecule has 0 saturated carbocycles. The lowest BCUT2D eigenvalue weighted by molar-refractivity contribution is -0.114. The zero-order valence-electron chi connectivity index (χ0n) is 21.1. The van der Waals surface area contributed by atoms with E-state index in [2.05, 4.69) is 20.7 Å². The van der Waals surface area contributed by atoms with Crippen molar-refractivity contribution in [3.05, 3.63) is 65.2 Å². The van der Waals surface area contributed by atoms with E-state index in [4.69, 9.17) is 9.47 Å². The van der Waals surface area contributed by atoms with E-state index in [9.17, 15) is 9.59 Å². The number of esters is 1. The van der Waals surface area contributed by atoms with E-state index in [0.717, 1.165) is 28.3 Å². The lowest BCUT2D eigenvalue weighted by Gasteiger charge is -2.11. The summed E-state index contributed by atoms with van der Waals surface area (Å²) in [6.07, 6.45) is 4.18. The molecule has 0 aliphatic heterocycles. The second kappa shape index (κ2) is 10.5. The fourth-order valence-corrected chi connectivity index (χ4v) is 4.10. The summed E-state index contributed by atoms with van der Waals surface area (Å²) in [7, 11) is 4.84. The highest BCUT2D eigenvalue weighted by molar-refractivity contribution is 6.10. The number of anilines is 2. The van der Waals surface area contributed by atoms with Gasteiger partial charge >= 0.3 is 5.97 Å². The van der Waals surface area contributed by atoms with Gasteiger partial charge in [0.2, 0.25) is 5.91 Å². The fraction of sp³-hybridized carbons (Fsp3) is 0.308. The van der Waals surface area contributed by atoms with Crippen LogP contribution in [-0.4, -0.2) is 45.4 Å². The molecule has 0 aliphatic rings. The molecule has 2 N–H and O–H groups in total. The van der Waals surface area contributed by atoms with Crippen LogP contribution in [0.25, 0.3) is 11.0 Å². The Morgan fingerprint density at radius 2 is 1.86 bits per heavy atom. The molecule has 0 aliphatic carbocycles. The maximum atomic E-state index is 12.9. The third kappa shape index (κ3) is 5.02. The molecule has 0 saturated heterocycles. The highest BCUT2D eigenvalue weighted by atomic mass is 16.5. The van der Waals surface area contributed by atoms with Gasteiger partial charge in [0, 0.05) is 43.7 Å². The second-order valence-electron chi connectivity index (χ2n) is 8.47. The Bertz CT molecular complexity index is 1400. The summed E-state index contributed by atoms with van der Waals surface area (Å²) in [6.45, 7) is 4.43. The van der Waals surface area contributed by atoms with Crippen molar-refractivity contribution in [3.8, 4) is 5.75 Å². The number of aryl methyl sites for hydroxylation is 3. The van der Waals surface area contributed by atoms with Gasteiger partial charge in [0.1, 0.15) is 11.4 Å². The van der Waals surface area contributed by atoms with Crippen LogP contribution in [0.5, 0.6) is 5.75 Å². The van der Waals surface area contributed by atoms with E-state index in [1.54, 1.807) is 17.9 Å². The minimum Gasteiger partial charge on any atom is -0.497 e. The number of hydrogen-bond acceptors (Lipinski definition) is 7. The van der Waals surface area contributed by atoms with E-state index in [1.165, 1.54) is 14.0 Å². The number of pyridine rings is 1. The van der Waals surface area contributed by atoms with Gasteiger partial charge in [-0.3, -0.25) is 9.48 Å². The molecule has 0 spiro atoms. The smallest absolute Gasteiger partial charge is 0.356 e. The van der Waals surface area contributed by atoms with Crippen LogP contribution in [0.2, 0.25) is 0 Å². The number of ether oxygens (including phenoxy) is 2. The lowest BCUT2D eigenvalue weighted by Crippen LogP contribution is -2.16. The first-order valence-corrected chi connectivity index (χ1v) is 11.5. The molecule has 188 valence electrons. The first kappa shape index (κ1) is 24.8. The first-order chi connectivity index (χ1) is 17.3. The zero-order chi connectivity index (χ0) is 25.8. The largest absolute Gasteiger partial charge is 0.497 e. The van der Waals surface area contributed by atoms with Crippen LogP contribution in [0.4, 0.5) is 11.4 Å². The van der Waals surface area contributed by atoms with Gasteiger partial charge in [-0.15, -0.1) is 0 Å². The summed E-state index contributed by atoms with van der Waals surface area (Å²) < 4.78 is 13.9. The van der Waals surface area contributed by atoms with Crippen LogP contribution in [-0.2, 0) is 36.1 Å². The molecule has 3 heterocycles. The molecular weight excluding hydrogens is 460 g/mol. The first-order valence-electron chi connectivity index (χ1n) is 11.5. The quantitative estimate of drug-likeness (QED) is 0.344. The van der Waals surface area contributed by atoms with Crippen LogP contribution in [0.3, 0.4) is 0 Å². The van der Waals surface area contributed by atoms with Gasteiger partial charge in [0.25, 0.3) is 0 Å². The van der Waals surface area contributed by atoms with E-state index >= 15 is 0 Å². The van der Waals surface area contributed by atoms with Gasteiger partial charge in [-0.05, 0) is 37.1 Å². The molecule has 36 heavy (non-hydrogen) atoms. The number of benzene rings is 1. The fourth-order valence-electron chi connectivity index (χ4n) is 4.10. The second-order valence-corrected chi connectivity index (χ2v) is 8.47. The number of methoxy groups -OCH3 is 2. The summed E-state index contributed by atoms with van der Waals surface area (Å²) in [5, 5.41) is 11.1. The van der Waals surface area contributed by atoms with Crippen molar-refractivity contribution in [2.75, 3.05) is 24.9 Å². The number of fused-ring (bicyclic) bond motifs is 1. The Morgan fingerprint density at radius 3 is 2.47 bits per heavy atom. The molecule has 0 atom stereocenters. The number of nitrogens with zero attached hydrogens (tertiary/aromatic N) is 4. The molecular formula is C26H30N6O4. The van der Waals surface area contributed by atoms with Crippen LogP contribution >= 0.6 is 0 Å². The summed E-state index contributed by atoms with van der Waals surface area (Å²) >= 11 is 0. The topological polar surface area (TPSA) is 112 Å².